The maximum Gasteiger partial charge on any atom is 0.344 e. The van der Waals surface area contributed by atoms with Gasteiger partial charge in [0.2, 0.25) is 5.91 Å². The van der Waals surface area contributed by atoms with Gasteiger partial charge in [-0.2, -0.15) is 5.10 Å². The number of carbonyl (C=O) groups excluding carboxylic acids is 2. The fraction of sp³-hybridized carbons (Fsp3) is 0.389. The maximum atomic E-state index is 11.7. The Hall–Kier alpha value is -2.35. The van der Waals surface area contributed by atoms with Crippen molar-refractivity contribution in [2.45, 2.75) is 25.5 Å². The summed E-state index contributed by atoms with van der Waals surface area (Å²) < 4.78 is 16.7. The van der Waals surface area contributed by atoms with Crippen molar-refractivity contribution in [1.82, 2.24) is 5.32 Å². The normalized spacial score (nSPS) is 17.2. The van der Waals surface area contributed by atoms with E-state index in [-0.39, 0.29) is 24.8 Å². The SMILES string of the molecule is CCOC(=O)COc1c(I)cc(C=NN=C2NC(=O)C(CC(=O)O)S2)cc1OCC. The first-order valence-corrected chi connectivity index (χ1v) is 10.8. The summed E-state index contributed by atoms with van der Waals surface area (Å²) in [6.07, 6.45) is 1.17. The lowest BCUT2D eigenvalue weighted by Crippen LogP contribution is -2.26. The number of amidine groups is 1. The lowest BCUT2D eigenvalue weighted by molar-refractivity contribution is -0.145. The molecule has 0 bridgehead atoms. The highest BCUT2D eigenvalue weighted by atomic mass is 127. The zero-order valence-electron chi connectivity index (χ0n) is 16.2. The lowest BCUT2D eigenvalue weighted by atomic mass is 10.2. The number of carboxylic acid groups (broad SMARTS) is 1. The van der Waals surface area contributed by atoms with E-state index in [1.165, 1.54) is 6.21 Å². The summed E-state index contributed by atoms with van der Waals surface area (Å²) in [6, 6.07) is 3.45. The molecule has 0 aromatic heterocycles. The van der Waals surface area contributed by atoms with Gasteiger partial charge in [-0.1, -0.05) is 11.8 Å². The average molecular weight is 549 g/mol. The first-order valence-electron chi connectivity index (χ1n) is 8.89. The Morgan fingerprint density at radius 3 is 2.73 bits per heavy atom. The van der Waals surface area contributed by atoms with Gasteiger partial charge in [-0.25, -0.2) is 4.79 Å². The molecule has 0 saturated carbocycles. The largest absolute Gasteiger partial charge is 0.490 e. The fourth-order valence-electron chi connectivity index (χ4n) is 2.29. The van der Waals surface area contributed by atoms with Gasteiger partial charge in [-0.15, -0.1) is 5.10 Å². The Morgan fingerprint density at radius 1 is 1.30 bits per heavy atom. The van der Waals surface area contributed by atoms with Gasteiger partial charge < -0.3 is 24.6 Å². The number of esters is 1. The molecule has 162 valence electrons. The van der Waals surface area contributed by atoms with E-state index in [0.29, 0.717) is 27.2 Å². The predicted octanol–water partition coefficient (Wildman–Crippen LogP) is 2.03. The Kier molecular flexibility index (Phi) is 9.36. The number of halogens is 1. The van der Waals surface area contributed by atoms with Crippen LogP contribution in [0.5, 0.6) is 11.5 Å². The molecule has 1 aromatic carbocycles. The number of thioether (sulfide) groups is 1. The van der Waals surface area contributed by atoms with Crippen LogP contribution in [-0.2, 0) is 19.1 Å². The van der Waals surface area contributed by atoms with E-state index in [4.69, 9.17) is 19.3 Å². The summed E-state index contributed by atoms with van der Waals surface area (Å²) in [7, 11) is 0. The summed E-state index contributed by atoms with van der Waals surface area (Å²) in [5, 5.41) is 18.7. The number of hydrogen-bond acceptors (Lipinski definition) is 9. The number of nitrogens with zero attached hydrogens (tertiary/aromatic N) is 2. The van der Waals surface area contributed by atoms with Crippen LogP contribution in [-0.4, -0.2) is 59.4 Å². The van der Waals surface area contributed by atoms with Crippen molar-refractivity contribution in [3.63, 3.8) is 0 Å². The Morgan fingerprint density at radius 2 is 2.07 bits per heavy atom. The summed E-state index contributed by atoms with van der Waals surface area (Å²) in [6.45, 7) is 3.96. The molecule has 30 heavy (non-hydrogen) atoms. The van der Waals surface area contributed by atoms with Gasteiger partial charge in [0, 0.05) is 0 Å². The number of carbonyl (C=O) groups is 3. The van der Waals surface area contributed by atoms with Gasteiger partial charge in [0.25, 0.3) is 0 Å². The first kappa shape index (κ1) is 23.9. The van der Waals surface area contributed by atoms with Gasteiger partial charge in [0.15, 0.2) is 23.3 Å². The van der Waals surface area contributed by atoms with Crippen LogP contribution in [0.2, 0.25) is 0 Å². The van der Waals surface area contributed by atoms with E-state index < -0.39 is 23.1 Å². The molecule has 2 N–H and O–H groups in total. The van der Waals surface area contributed by atoms with E-state index in [9.17, 15) is 14.4 Å². The number of ether oxygens (including phenoxy) is 3. The molecule has 1 atom stereocenters. The van der Waals surface area contributed by atoms with Crippen molar-refractivity contribution in [3.8, 4) is 11.5 Å². The maximum absolute atomic E-state index is 11.7. The molecule has 0 spiro atoms. The smallest absolute Gasteiger partial charge is 0.344 e. The van der Waals surface area contributed by atoms with E-state index in [1.54, 1.807) is 19.1 Å². The highest BCUT2D eigenvalue weighted by Gasteiger charge is 2.32. The molecule has 1 aliphatic heterocycles. The van der Waals surface area contributed by atoms with Crippen molar-refractivity contribution in [1.29, 1.82) is 0 Å². The van der Waals surface area contributed by atoms with Crippen molar-refractivity contribution < 1.29 is 33.7 Å². The van der Waals surface area contributed by atoms with Crippen LogP contribution in [0.3, 0.4) is 0 Å². The lowest BCUT2D eigenvalue weighted by Gasteiger charge is -2.14. The van der Waals surface area contributed by atoms with Gasteiger partial charge in [-0.05, 0) is 54.1 Å². The second-order valence-corrected chi connectivity index (χ2v) is 8.05. The Balaban J connectivity index is 2.11. The predicted molar refractivity (Wildman–Crippen MR) is 119 cm³/mol. The topological polar surface area (TPSA) is 136 Å². The summed E-state index contributed by atoms with van der Waals surface area (Å²) in [4.78, 5) is 34.0. The third-order valence-electron chi connectivity index (χ3n) is 3.46. The van der Waals surface area contributed by atoms with Crippen LogP contribution in [0.4, 0.5) is 0 Å². The monoisotopic (exact) mass is 549 g/mol. The molecule has 1 heterocycles. The second-order valence-electron chi connectivity index (χ2n) is 5.70. The zero-order valence-corrected chi connectivity index (χ0v) is 19.2. The van der Waals surface area contributed by atoms with E-state index in [2.05, 4.69) is 38.1 Å². The van der Waals surface area contributed by atoms with E-state index in [0.717, 1.165) is 11.8 Å². The van der Waals surface area contributed by atoms with Crippen molar-refractivity contribution in [2.24, 2.45) is 10.2 Å². The molecule has 1 aromatic rings. The second kappa shape index (κ2) is 11.7. The summed E-state index contributed by atoms with van der Waals surface area (Å²) in [5.41, 5.74) is 0.659. The minimum absolute atomic E-state index is 0.233. The Labute approximate surface area is 190 Å². The molecular formula is C18H20IN3O7S. The van der Waals surface area contributed by atoms with Crippen LogP contribution < -0.4 is 14.8 Å². The van der Waals surface area contributed by atoms with E-state index >= 15 is 0 Å². The fourth-order valence-corrected chi connectivity index (χ4v) is 3.99. The average Bonchev–Trinajstić information content (AvgIpc) is 3.00. The summed E-state index contributed by atoms with van der Waals surface area (Å²) in [5.74, 6) is -1.09. The van der Waals surface area contributed by atoms with Crippen LogP contribution in [0.15, 0.2) is 22.3 Å². The molecule has 1 aliphatic rings. The Bertz CT molecular complexity index is 876. The number of rotatable bonds is 10. The van der Waals surface area contributed by atoms with Gasteiger partial charge in [0.1, 0.15) is 5.25 Å². The van der Waals surface area contributed by atoms with Crippen molar-refractivity contribution in [2.75, 3.05) is 19.8 Å². The quantitative estimate of drug-likeness (QED) is 0.196. The number of aliphatic carboxylic acids is 1. The molecule has 1 saturated heterocycles. The van der Waals surface area contributed by atoms with Crippen LogP contribution in [0, 0.1) is 3.57 Å². The number of amides is 1. The van der Waals surface area contributed by atoms with Crippen LogP contribution in [0.1, 0.15) is 25.8 Å². The molecule has 2 rings (SSSR count). The highest BCUT2D eigenvalue weighted by Crippen LogP contribution is 2.34. The van der Waals surface area contributed by atoms with Gasteiger partial charge in [0.05, 0.1) is 29.4 Å². The zero-order chi connectivity index (χ0) is 22.1. The molecule has 0 aliphatic carbocycles. The third kappa shape index (κ3) is 7.16. The van der Waals surface area contributed by atoms with Crippen LogP contribution >= 0.6 is 34.4 Å². The van der Waals surface area contributed by atoms with Crippen molar-refractivity contribution in [3.05, 3.63) is 21.3 Å². The number of benzene rings is 1. The minimum Gasteiger partial charge on any atom is -0.490 e. The summed E-state index contributed by atoms with van der Waals surface area (Å²) >= 11 is 3.07. The number of hydrogen-bond donors (Lipinski definition) is 2. The number of nitrogens with one attached hydrogen (secondary N) is 1. The van der Waals surface area contributed by atoms with E-state index in [1.807, 2.05) is 6.92 Å². The molecule has 1 amide bonds. The molecule has 10 nitrogen and oxygen atoms in total. The molecule has 1 unspecified atom stereocenters. The third-order valence-corrected chi connectivity index (χ3v) is 5.34. The molecule has 0 radical (unpaired) electrons. The standard InChI is InChI=1S/C18H20IN3O7S/c1-3-27-12-6-10(5-11(19)16(12)29-9-15(25)28-4-2)8-20-22-18-21-17(26)13(30-18)7-14(23)24/h5-6,8,13H,3-4,7,9H2,1-2H3,(H,23,24)(H,21,22,26). The molecule has 12 heteroatoms. The molecule has 1 fully saturated rings. The number of carboxylic acids is 1. The van der Waals surface area contributed by atoms with Gasteiger partial charge in [-0.3, -0.25) is 9.59 Å². The van der Waals surface area contributed by atoms with Crippen LogP contribution in [0.25, 0.3) is 0 Å². The van der Waals surface area contributed by atoms with Crippen molar-refractivity contribution >= 4 is 63.6 Å². The minimum atomic E-state index is -1.06. The first-order chi connectivity index (χ1) is 14.3. The highest BCUT2D eigenvalue weighted by molar-refractivity contribution is 14.1. The van der Waals surface area contributed by atoms with Gasteiger partial charge >= 0.3 is 11.9 Å². The molecular weight excluding hydrogens is 529 g/mol.